The number of ether oxygens (including phenoxy) is 3. The molecule has 1 heterocycles. The first-order chi connectivity index (χ1) is 16.2. The van der Waals surface area contributed by atoms with Crippen molar-refractivity contribution in [1.29, 1.82) is 0 Å². The number of benzene rings is 2. The van der Waals surface area contributed by atoms with Gasteiger partial charge in [0.25, 0.3) is 11.8 Å². The summed E-state index contributed by atoms with van der Waals surface area (Å²) in [7, 11) is 4.23. The van der Waals surface area contributed by atoms with E-state index in [-0.39, 0.29) is 41.3 Å². The van der Waals surface area contributed by atoms with Crippen LogP contribution < -0.4 is 24.5 Å². The highest BCUT2D eigenvalue weighted by Gasteiger charge is 2.45. The van der Waals surface area contributed by atoms with Crippen LogP contribution in [-0.4, -0.2) is 56.0 Å². The average Bonchev–Trinajstić information content (AvgIpc) is 3.13. The van der Waals surface area contributed by atoms with Crippen molar-refractivity contribution in [3.63, 3.8) is 0 Å². The standard InChI is InChI=1S/C23H24ClN3O7/c1-5-19(28)27(16-12-20(29)26(23(16)31)15-8-6-7-14(24)11-15)25-22(30)13-9-17(32-2)21(34-4)18(10-13)33-3/h6-11,16H,5,12H2,1-4H3,(H,25,30). The highest BCUT2D eigenvalue weighted by molar-refractivity contribution is 6.31. The molecule has 1 atom stereocenters. The molecule has 0 aliphatic carbocycles. The molecule has 11 heteroatoms. The monoisotopic (exact) mass is 489 g/mol. The van der Waals surface area contributed by atoms with Crippen molar-refractivity contribution in [2.24, 2.45) is 0 Å². The van der Waals surface area contributed by atoms with Crippen LogP contribution in [0.5, 0.6) is 17.2 Å². The van der Waals surface area contributed by atoms with Crippen molar-refractivity contribution in [3.05, 3.63) is 47.0 Å². The van der Waals surface area contributed by atoms with Crippen LogP contribution in [0.1, 0.15) is 30.1 Å². The fourth-order valence-corrected chi connectivity index (χ4v) is 3.76. The first-order valence-electron chi connectivity index (χ1n) is 10.3. The van der Waals surface area contributed by atoms with E-state index in [0.717, 1.165) is 9.91 Å². The van der Waals surface area contributed by atoms with E-state index in [1.807, 2.05) is 0 Å². The first-order valence-corrected chi connectivity index (χ1v) is 10.7. The molecule has 2 aromatic rings. The number of carbonyl (C=O) groups excluding carboxylic acids is 4. The molecule has 1 fully saturated rings. The summed E-state index contributed by atoms with van der Waals surface area (Å²) in [6.07, 6.45) is -0.308. The molecule has 1 aliphatic heterocycles. The van der Waals surface area contributed by atoms with Crippen LogP contribution in [0.15, 0.2) is 36.4 Å². The second-order valence-corrected chi connectivity index (χ2v) is 7.68. The van der Waals surface area contributed by atoms with Gasteiger partial charge in [-0.05, 0) is 30.3 Å². The lowest BCUT2D eigenvalue weighted by molar-refractivity contribution is -0.140. The number of hydrazine groups is 1. The van der Waals surface area contributed by atoms with E-state index < -0.39 is 29.7 Å². The van der Waals surface area contributed by atoms with Crippen LogP contribution in [-0.2, 0) is 14.4 Å². The Morgan fingerprint density at radius 1 is 1.09 bits per heavy atom. The Balaban J connectivity index is 1.92. The molecule has 0 bridgehead atoms. The van der Waals surface area contributed by atoms with Gasteiger partial charge in [-0.1, -0.05) is 24.6 Å². The summed E-state index contributed by atoms with van der Waals surface area (Å²) < 4.78 is 15.8. The highest BCUT2D eigenvalue weighted by Crippen LogP contribution is 2.38. The molecule has 0 saturated carbocycles. The Morgan fingerprint density at radius 3 is 2.26 bits per heavy atom. The number of halogens is 1. The van der Waals surface area contributed by atoms with Gasteiger partial charge in [-0.15, -0.1) is 0 Å². The number of nitrogens with one attached hydrogen (secondary N) is 1. The van der Waals surface area contributed by atoms with Crippen LogP contribution in [0.25, 0.3) is 0 Å². The van der Waals surface area contributed by atoms with Gasteiger partial charge < -0.3 is 14.2 Å². The molecule has 34 heavy (non-hydrogen) atoms. The lowest BCUT2D eigenvalue weighted by Gasteiger charge is -2.27. The number of carbonyl (C=O) groups is 4. The van der Waals surface area contributed by atoms with Crippen LogP contribution >= 0.6 is 11.6 Å². The fourth-order valence-electron chi connectivity index (χ4n) is 3.57. The Morgan fingerprint density at radius 2 is 1.74 bits per heavy atom. The van der Waals surface area contributed by atoms with Gasteiger partial charge in [-0.2, -0.15) is 0 Å². The number of hydrogen-bond acceptors (Lipinski definition) is 7. The lowest BCUT2D eigenvalue weighted by Crippen LogP contribution is -2.54. The van der Waals surface area contributed by atoms with Crippen molar-refractivity contribution in [2.75, 3.05) is 26.2 Å². The molecule has 0 aromatic heterocycles. The SMILES string of the molecule is CCC(=O)N(NC(=O)c1cc(OC)c(OC)c(OC)c1)C1CC(=O)N(c2cccc(Cl)c2)C1=O. The first kappa shape index (κ1) is 24.8. The molecule has 1 unspecified atom stereocenters. The van der Waals surface area contributed by atoms with Gasteiger partial charge in [0, 0.05) is 17.0 Å². The molecular weight excluding hydrogens is 466 g/mol. The average molecular weight is 490 g/mol. The van der Waals surface area contributed by atoms with Crippen molar-refractivity contribution in [2.45, 2.75) is 25.8 Å². The van der Waals surface area contributed by atoms with Gasteiger partial charge >= 0.3 is 0 Å². The molecule has 4 amide bonds. The third-order valence-corrected chi connectivity index (χ3v) is 5.46. The number of rotatable bonds is 7. The molecule has 0 spiro atoms. The fraction of sp³-hybridized carbons (Fsp3) is 0.304. The molecule has 1 saturated heterocycles. The van der Waals surface area contributed by atoms with E-state index in [9.17, 15) is 19.2 Å². The summed E-state index contributed by atoms with van der Waals surface area (Å²) in [5.74, 6) is -1.66. The van der Waals surface area contributed by atoms with Crippen LogP contribution in [0.4, 0.5) is 5.69 Å². The summed E-state index contributed by atoms with van der Waals surface area (Å²) in [6.45, 7) is 1.58. The minimum atomic E-state index is -1.22. The van der Waals surface area contributed by atoms with E-state index in [0.29, 0.717) is 5.02 Å². The number of imide groups is 1. The molecule has 10 nitrogen and oxygen atoms in total. The summed E-state index contributed by atoms with van der Waals surface area (Å²) in [6, 6.07) is 7.84. The zero-order valence-corrected chi connectivity index (χ0v) is 19.8. The Hall–Kier alpha value is -3.79. The highest BCUT2D eigenvalue weighted by atomic mass is 35.5. The second kappa shape index (κ2) is 10.4. The van der Waals surface area contributed by atoms with Gasteiger partial charge in [0.2, 0.25) is 17.6 Å². The molecule has 3 rings (SSSR count). The Labute approximate surface area is 201 Å². The van der Waals surface area contributed by atoms with E-state index in [2.05, 4.69) is 5.43 Å². The van der Waals surface area contributed by atoms with Gasteiger partial charge in [-0.3, -0.25) is 24.6 Å². The van der Waals surface area contributed by atoms with E-state index in [4.69, 9.17) is 25.8 Å². The topological polar surface area (TPSA) is 114 Å². The van der Waals surface area contributed by atoms with E-state index >= 15 is 0 Å². The predicted octanol–water partition coefficient (Wildman–Crippen LogP) is 2.58. The van der Waals surface area contributed by atoms with Crippen LogP contribution in [0, 0.1) is 0 Å². The Kier molecular flexibility index (Phi) is 7.62. The van der Waals surface area contributed by atoms with Gasteiger partial charge in [0.15, 0.2) is 11.5 Å². The maximum atomic E-state index is 13.2. The number of nitrogens with zero attached hydrogens (tertiary/aromatic N) is 2. The number of anilines is 1. The van der Waals surface area contributed by atoms with E-state index in [1.54, 1.807) is 25.1 Å². The summed E-state index contributed by atoms with van der Waals surface area (Å²) in [4.78, 5) is 52.6. The largest absolute Gasteiger partial charge is 0.493 e. The van der Waals surface area contributed by atoms with Crippen molar-refractivity contribution >= 4 is 40.9 Å². The van der Waals surface area contributed by atoms with Crippen molar-refractivity contribution < 1.29 is 33.4 Å². The minimum Gasteiger partial charge on any atom is -0.493 e. The van der Waals surface area contributed by atoms with Crippen molar-refractivity contribution in [1.82, 2.24) is 10.4 Å². The normalized spacial score (nSPS) is 15.2. The second-order valence-electron chi connectivity index (χ2n) is 7.24. The smallest absolute Gasteiger partial charge is 0.270 e. The van der Waals surface area contributed by atoms with Crippen LogP contribution in [0.2, 0.25) is 5.02 Å². The predicted molar refractivity (Wildman–Crippen MR) is 123 cm³/mol. The molecule has 0 radical (unpaired) electrons. The maximum Gasteiger partial charge on any atom is 0.270 e. The quantitative estimate of drug-likeness (QED) is 0.469. The van der Waals surface area contributed by atoms with Gasteiger partial charge in [0.05, 0.1) is 33.4 Å². The Bertz CT molecular complexity index is 1110. The number of hydrogen-bond donors (Lipinski definition) is 1. The van der Waals surface area contributed by atoms with Crippen molar-refractivity contribution in [3.8, 4) is 17.2 Å². The van der Waals surface area contributed by atoms with E-state index in [1.165, 1.54) is 39.5 Å². The van der Waals surface area contributed by atoms with Crippen LogP contribution in [0.3, 0.4) is 0 Å². The minimum absolute atomic E-state index is 0.00926. The lowest BCUT2D eigenvalue weighted by atomic mass is 10.1. The summed E-state index contributed by atoms with van der Waals surface area (Å²) in [5.41, 5.74) is 2.84. The molecular formula is C23H24ClN3O7. The third-order valence-electron chi connectivity index (χ3n) is 5.22. The third kappa shape index (κ3) is 4.76. The summed E-state index contributed by atoms with van der Waals surface area (Å²) >= 11 is 6.00. The zero-order valence-electron chi connectivity index (χ0n) is 19.1. The molecule has 1 aliphatic rings. The molecule has 180 valence electrons. The molecule has 2 aromatic carbocycles. The van der Waals surface area contributed by atoms with Gasteiger partial charge in [-0.25, -0.2) is 9.91 Å². The maximum absolute atomic E-state index is 13.2. The van der Waals surface area contributed by atoms with Gasteiger partial charge in [0.1, 0.15) is 6.04 Å². The number of methoxy groups -OCH3 is 3. The molecule has 1 N–H and O–H groups in total. The summed E-state index contributed by atoms with van der Waals surface area (Å²) in [5, 5.41) is 1.25. The number of amides is 4. The zero-order chi connectivity index (χ0) is 25.0.